The van der Waals surface area contributed by atoms with E-state index >= 15 is 0 Å². The number of aromatic nitrogens is 5. The molecule has 0 atom stereocenters. The van der Waals surface area contributed by atoms with Gasteiger partial charge in [0.2, 0.25) is 5.43 Å². The van der Waals surface area contributed by atoms with E-state index in [9.17, 15) is 22.4 Å². The second-order valence-corrected chi connectivity index (χ2v) is 7.14. The van der Waals surface area contributed by atoms with Gasteiger partial charge in [0.05, 0.1) is 34.3 Å². The van der Waals surface area contributed by atoms with Crippen LogP contribution in [0.4, 0.5) is 17.6 Å². The number of nitrogens with zero attached hydrogens (tertiary/aromatic N) is 5. The molecule has 0 aliphatic rings. The van der Waals surface area contributed by atoms with Crippen molar-refractivity contribution >= 4 is 10.9 Å². The smallest absolute Gasteiger partial charge is 0.287 e. The first-order chi connectivity index (χ1) is 15.8. The van der Waals surface area contributed by atoms with Gasteiger partial charge in [0.25, 0.3) is 0 Å². The van der Waals surface area contributed by atoms with Crippen molar-refractivity contribution in [2.45, 2.75) is 6.18 Å². The summed E-state index contributed by atoms with van der Waals surface area (Å²) in [5.74, 6) is -0.463. The first-order valence-electron chi connectivity index (χ1n) is 9.68. The SMILES string of the molecule is O=c1ccn(-c2cccc(C(F)(F)F)c2)nc1-c1ccnn1-c1ccnc2ccc(F)cc12. The predicted molar refractivity (Wildman–Crippen MR) is 113 cm³/mol. The number of rotatable bonds is 3. The average Bonchev–Trinajstić information content (AvgIpc) is 3.28. The summed E-state index contributed by atoms with van der Waals surface area (Å²) in [5, 5.41) is 9.01. The Labute approximate surface area is 183 Å². The number of pyridine rings is 1. The van der Waals surface area contributed by atoms with Crippen LogP contribution >= 0.6 is 0 Å². The molecule has 2 aromatic carbocycles. The molecule has 0 unspecified atom stereocenters. The van der Waals surface area contributed by atoms with Crippen molar-refractivity contribution < 1.29 is 17.6 Å². The maximum atomic E-state index is 13.9. The molecule has 5 aromatic rings. The van der Waals surface area contributed by atoms with Gasteiger partial charge in [-0.15, -0.1) is 0 Å². The van der Waals surface area contributed by atoms with Crippen molar-refractivity contribution in [3.63, 3.8) is 0 Å². The Balaban J connectivity index is 1.67. The molecule has 0 fully saturated rings. The van der Waals surface area contributed by atoms with Crippen LogP contribution in [-0.2, 0) is 6.18 Å². The summed E-state index contributed by atoms with van der Waals surface area (Å²) in [6.07, 6.45) is -0.253. The molecule has 5 rings (SSSR count). The molecule has 0 N–H and O–H groups in total. The summed E-state index contributed by atoms with van der Waals surface area (Å²) in [7, 11) is 0. The number of fused-ring (bicyclic) bond motifs is 1. The molecule has 0 spiro atoms. The molecule has 6 nitrogen and oxygen atoms in total. The number of alkyl halides is 3. The third-order valence-electron chi connectivity index (χ3n) is 5.04. The molecule has 3 aromatic heterocycles. The maximum Gasteiger partial charge on any atom is 0.416 e. The van der Waals surface area contributed by atoms with E-state index in [4.69, 9.17) is 0 Å². The Morgan fingerprint density at radius 3 is 2.58 bits per heavy atom. The van der Waals surface area contributed by atoms with Gasteiger partial charge >= 0.3 is 6.18 Å². The fourth-order valence-corrected chi connectivity index (χ4v) is 3.52. The Kier molecular flexibility index (Phi) is 4.77. The van der Waals surface area contributed by atoms with E-state index in [0.29, 0.717) is 16.6 Å². The Morgan fingerprint density at radius 1 is 0.909 bits per heavy atom. The molecule has 0 aliphatic carbocycles. The largest absolute Gasteiger partial charge is 0.416 e. The van der Waals surface area contributed by atoms with Gasteiger partial charge in [-0.1, -0.05) is 6.07 Å². The zero-order chi connectivity index (χ0) is 23.2. The third kappa shape index (κ3) is 3.75. The summed E-state index contributed by atoms with van der Waals surface area (Å²) in [6, 6.07) is 13.1. The van der Waals surface area contributed by atoms with Crippen LogP contribution in [0.15, 0.2) is 84.0 Å². The monoisotopic (exact) mass is 451 g/mol. The van der Waals surface area contributed by atoms with Gasteiger partial charge < -0.3 is 0 Å². The first kappa shape index (κ1) is 20.6. The van der Waals surface area contributed by atoms with Crippen molar-refractivity contribution in [1.29, 1.82) is 0 Å². The highest BCUT2D eigenvalue weighted by Crippen LogP contribution is 2.30. The lowest BCUT2D eigenvalue weighted by atomic mass is 10.1. The van der Waals surface area contributed by atoms with Gasteiger partial charge in [0.1, 0.15) is 5.82 Å². The quantitative estimate of drug-likeness (QED) is 0.370. The molecular formula is C23H13F4N5O. The second-order valence-electron chi connectivity index (χ2n) is 7.14. The maximum absolute atomic E-state index is 13.9. The van der Waals surface area contributed by atoms with Crippen LogP contribution in [0, 0.1) is 5.82 Å². The molecular weight excluding hydrogens is 438 g/mol. The Hall–Kier alpha value is -4.34. The Morgan fingerprint density at radius 2 is 1.76 bits per heavy atom. The minimum atomic E-state index is -4.52. The van der Waals surface area contributed by atoms with Crippen LogP contribution in [0.5, 0.6) is 0 Å². The fourth-order valence-electron chi connectivity index (χ4n) is 3.52. The molecule has 3 heterocycles. The highest BCUT2D eigenvalue weighted by atomic mass is 19.4. The van der Waals surface area contributed by atoms with Gasteiger partial charge in [-0.2, -0.15) is 23.4 Å². The lowest BCUT2D eigenvalue weighted by Gasteiger charge is -2.12. The van der Waals surface area contributed by atoms with Gasteiger partial charge in [-0.05, 0) is 48.5 Å². The van der Waals surface area contributed by atoms with Crippen LogP contribution in [0.3, 0.4) is 0 Å². The molecule has 0 radical (unpaired) electrons. The predicted octanol–water partition coefficient (Wildman–Crippen LogP) is 4.79. The molecule has 0 amide bonds. The van der Waals surface area contributed by atoms with Crippen LogP contribution in [-0.4, -0.2) is 24.5 Å². The highest BCUT2D eigenvalue weighted by molar-refractivity contribution is 5.87. The number of hydrogen-bond acceptors (Lipinski definition) is 4. The van der Waals surface area contributed by atoms with E-state index in [1.807, 2.05) is 0 Å². The van der Waals surface area contributed by atoms with Crippen molar-refractivity contribution in [2.75, 3.05) is 0 Å². The molecule has 0 saturated heterocycles. The second kappa shape index (κ2) is 7.66. The lowest BCUT2D eigenvalue weighted by Crippen LogP contribution is -2.15. The van der Waals surface area contributed by atoms with Gasteiger partial charge in [-0.25, -0.2) is 13.8 Å². The van der Waals surface area contributed by atoms with Crippen molar-refractivity contribution in [3.8, 4) is 22.8 Å². The van der Waals surface area contributed by atoms with Crippen LogP contribution in [0.1, 0.15) is 5.56 Å². The van der Waals surface area contributed by atoms with E-state index < -0.39 is 23.0 Å². The highest BCUT2D eigenvalue weighted by Gasteiger charge is 2.30. The van der Waals surface area contributed by atoms with Crippen molar-refractivity contribution in [1.82, 2.24) is 24.5 Å². The van der Waals surface area contributed by atoms with E-state index in [2.05, 4.69) is 15.2 Å². The summed E-state index contributed by atoms with van der Waals surface area (Å²) >= 11 is 0. The molecule has 164 valence electrons. The minimum Gasteiger partial charge on any atom is -0.287 e. The Bertz CT molecular complexity index is 1550. The number of benzene rings is 2. The van der Waals surface area contributed by atoms with E-state index in [0.717, 1.165) is 12.1 Å². The third-order valence-corrected chi connectivity index (χ3v) is 5.04. The van der Waals surface area contributed by atoms with E-state index in [1.54, 1.807) is 12.1 Å². The summed E-state index contributed by atoms with van der Waals surface area (Å²) in [6.45, 7) is 0. The van der Waals surface area contributed by atoms with Crippen LogP contribution in [0.25, 0.3) is 33.7 Å². The molecule has 0 aliphatic heterocycles. The summed E-state index contributed by atoms with van der Waals surface area (Å²) < 4.78 is 55.9. The van der Waals surface area contributed by atoms with Crippen LogP contribution < -0.4 is 5.43 Å². The van der Waals surface area contributed by atoms with Gasteiger partial charge in [0, 0.05) is 23.8 Å². The van der Waals surface area contributed by atoms with Crippen molar-refractivity contribution in [3.05, 3.63) is 101 Å². The van der Waals surface area contributed by atoms with Gasteiger partial charge in [0.15, 0.2) is 5.69 Å². The minimum absolute atomic E-state index is 0.0335. The lowest BCUT2D eigenvalue weighted by molar-refractivity contribution is -0.137. The normalized spacial score (nSPS) is 11.8. The first-order valence-corrected chi connectivity index (χ1v) is 9.68. The zero-order valence-electron chi connectivity index (χ0n) is 16.7. The van der Waals surface area contributed by atoms with E-state index in [-0.39, 0.29) is 17.1 Å². The van der Waals surface area contributed by atoms with E-state index in [1.165, 1.54) is 64.4 Å². The number of halogens is 4. The van der Waals surface area contributed by atoms with Gasteiger partial charge in [-0.3, -0.25) is 9.78 Å². The summed E-state index contributed by atoms with van der Waals surface area (Å²) in [5.41, 5.74) is 0.0928. The fraction of sp³-hybridized carbons (Fsp3) is 0.0435. The summed E-state index contributed by atoms with van der Waals surface area (Å²) in [4.78, 5) is 16.9. The topological polar surface area (TPSA) is 65.6 Å². The average molecular weight is 451 g/mol. The molecule has 33 heavy (non-hydrogen) atoms. The van der Waals surface area contributed by atoms with Crippen LogP contribution in [0.2, 0.25) is 0 Å². The molecule has 0 bridgehead atoms. The van der Waals surface area contributed by atoms with Crippen molar-refractivity contribution in [2.24, 2.45) is 0 Å². The molecule has 10 heteroatoms. The number of hydrogen-bond donors (Lipinski definition) is 0. The zero-order valence-corrected chi connectivity index (χ0v) is 16.7. The standard InChI is InChI=1S/C23H13F4N5O/c24-15-4-5-18-17(13-15)19(6-9-28-18)32-20(7-10-29-32)22-21(33)8-11-31(30-22)16-3-1-2-14(12-16)23(25,26)27/h1-13H. The molecule has 0 saturated carbocycles.